The van der Waals surface area contributed by atoms with Gasteiger partial charge in [-0.1, -0.05) is 0 Å². The summed E-state index contributed by atoms with van der Waals surface area (Å²) in [6, 6.07) is -0.492. The Balaban J connectivity index is 1.26. The number of hydrogen-bond donors (Lipinski definition) is 2. The minimum absolute atomic E-state index is 0.0224. The fourth-order valence-electron chi connectivity index (χ4n) is 5.03. The number of alkyl halides is 3. The molecule has 5 fully saturated rings. The molecule has 1 aromatic rings. The first-order valence-electron chi connectivity index (χ1n) is 10.5. The highest BCUT2D eigenvalue weighted by Gasteiger charge is 2.61. The number of nitrogens with zero attached hydrogens (tertiary/aromatic N) is 2. The molecule has 0 unspecified atom stereocenters. The van der Waals surface area contributed by atoms with Crippen LogP contribution in [-0.2, 0) is 25.2 Å². The molecule has 0 spiro atoms. The maximum atomic E-state index is 12.9. The number of ether oxygens (including phenoxy) is 3. The van der Waals surface area contributed by atoms with Crippen molar-refractivity contribution in [3.05, 3.63) is 18.1 Å². The van der Waals surface area contributed by atoms with E-state index < -0.39 is 42.0 Å². The highest BCUT2D eigenvalue weighted by molar-refractivity contribution is 5.85. The van der Waals surface area contributed by atoms with Gasteiger partial charge in [-0.05, 0) is 39.0 Å². The second-order valence-electron chi connectivity index (χ2n) is 9.44. The summed E-state index contributed by atoms with van der Waals surface area (Å²) in [6.45, 7) is 3.99. The van der Waals surface area contributed by atoms with E-state index in [0.29, 0.717) is 18.7 Å². The van der Waals surface area contributed by atoms with Gasteiger partial charge in [0.15, 0.2) is 11.5 Å². The molecular formula is C20H25F3N4O4. The van der Waals surface area contributed by atoms with Crippen LogP contribution >= 0.6 is 0 Å². The molecule has 0 radical (unpaired) electrons. The molecule has 2 saturated heterocycles. The van der Waals surface area contributed by atoms with Crippen molar-refractivity contribution in [1.82, 2.24) is 15.3 Å². The second-order valence-corrected chi connectivity index (χ2v) is 9.44. The van der Waals surface area contributed by atoms with Crippen LogP contribution in [-0.4, -0.2) is 59.2 Å². The van der Waals surface area contributed by atoms with Crippen molar-refractivity contribution in [1.29, 1.82) is 0 Å². The summed E-state index contributed by atoms with van der Waals surface area (Å²) < 4.78 is 56.8. The molecular weight excluding hydrogens is 417 g/mol. The Hall–Kier alpha value is -1.98. The minimum Gasteiger partial charge on any atom is -0.371 e. The van der Waals surface area contributed by atoms with Crippen LogP contribution in [0.3, 0.4) is 0 Å². The summed E-state index contributed by atoms with van der Waals surface area (Å²) >= 11 is 0. The fraction of sp³-hybridized carbons (Fsp3) is 0.750. The van der Waals surface area contributed by atoms with Gasteiger partial charge in [0.05, 0.1) is 25.0 Å². The maximum absolute atomic E-state index is 12.9. The highest BCUT2D eigenvalue weighted by Crippen LogP contribution is 2.64. The average Bonchev–Trinajstić information content (AvgIpc) is 2.93. The normalized spacial score (nSPS) is 37.9. The molecule has 6 rings (SSSR count). The van der Waals surface area contributed by atoms with E-state index in [1.807, 2.05) is 0 Å². The molecule has 3 saturated carbocycles. The van der Waals surface area contributed by atoms with Gasteiger partial charge in [0, 0.05) is 12.0 Å². The monoisotopic (exact) mass is 442 g/mol. The SMILES string of the molecule is CC1(C)O[C@@H]2[C@H](O1)[C@@H](Nc1cncc(C(F)(F)F)n1)CO[C@@H]2CNC(=O)C12CC(C1)C2. The molecule has 4 atom stereocenters. The summed E-state index contributed by atoms with van der Waals surface area (Å²) in [6.07, 6.45) is -1.20. The van der Waals surface area contributed by atoms with Crippen molar-refractivity contribution < 1.29 is 32.2 Å². The molecule has 5 aliphatic rings. The van der Waals surface area contributed by atoms with Crippen LogP contribution in [0.5, 0.6) is 0 Å². The smallest absolute Gasteiger partial charge is 0.371 e. The van der Waals surface area contributed by atoms with Crippen LogP contribution in [0.25, 0.3) is 0 Å². The highest BCUT2D eigenvalue weighted by atomic mass is 19.4. The largest absolute Gasteiger partial charge is 0.434 e. The first-order chi connectivity index (χ1) is 14.5. The van der Waals surface area contributed by atoms with E-state index in [2.05, 4.69) is 20.6 Å². The van der Waals surface area contributed by atoms with Gasteiger partial charge in [-0.3, -0.25) is 9.78 Å². The van der Waals surface area contributed by atoms with E-state index in [-0.39, 0.29) is 23.7 Å². The van der Waals surface area contributed by atoms with E-state index in [1.54, 1.807) is 13.8 Å². The van der Waals surface area contributed by atoms with Crippen LogP contribution < -0.4 is 10.6 Å². The molecule has 0 aromatic carbocycles. The van der Waals surface area contributed by atoms with Gasteiger partial charge >= 0.3 is 6.18 Å². The molecule has 170 valence electrons. The van der Waals surface area contributed by atoms with Crippen LogP contribution in [0.1, 0.15) is 38.8 Å². The number of nitrogens with one attached hydrogen (secondary N) is 2. The molecule has 2 aliphatic heterocycles. The summed E-state index contributed by atoms with van der Waals surface area (Å²) in [7, 11) is 0. The van der Waals surface area contributed by atoms with Crippen molar-refractivity contribution in [3.8, 4) is 0 Å². The number of halogens is 3. The lowest BCUT2D eigenvalue weighted by Gasteiger charge is -2.60. The Labute approximate surface area is 177 Å². The van der Waals surface area contributed by atoms with E-state index in [0.717, 1.165) is 19.3 Å². The molecule has 3 aliphatic carbocycles. The van der Waals surface area contributed by atoms with E-state index >= 15 is 0 Å². The van der Waals surface area contributed by atoms with E-state index in [1.165, 1.54) is 6.20 Å². The topological polar surface area (TPSA) is 94.6 Å². The predicted molar refractivity (Wildman–Crippen MR) is 101 cm³/mol. The van der Waals surface area contributed by atoms with Crippen molar-refractivity contribution in [2.75, 3.05) is 18.5 Å². The van der Waals surface area contributed by atoms with E-state index in [9.17, 15) is 18.0 Å². The number of hydrogen-bond acceptors (Lipinski definition) is 7. The summed E-state index contributed by atoms with van der Waals surface area (Å²) in [5, 5.41) is 5.94. The van der Waals surface area contributed by atoms with Crippen LogP contribution in [0.15, 0.2) is 12.4 Å². The summed E-state index contributed by atoms with van der Waals surface area (Å²) in [5.41, 5.74) is -1.26. The molecule has 31 heavy (non-hydrogen) atoms. The lowest BCUT2D eigenvalue weighted by molar-refractivity contribution is -0.167. The molecule has 11 heteroatoms. The first-order valence-corrected chi connectivity index (χ1v) is 10.5. The van der Waals surface area contributed by atoms with Crippen LogP contribution in [0, 0.1) is 11.3 Å². The van der Waals surface area contributed by atoms with Gasteiger partial charge in [-0.25, -0.2) is 4.98 Å². The minimum atomic E-state index is -4.59. The Bertz CT molecular complexity index is 863. The summed E-state index contributed by atoms with van der Waals surface area (Å²) in [5.74, 6) is -0.142. The quantitative estimate of drug-likeness (QED) is 0.721. The van der Waals surface area contributed by atoms with Crippen molar-refractivity contribution in [3.63, 3.8) is 0 Å². The Kier molecular flexibility index (Phi) is 4.73. The first kappa shape index (κ1) is 20.9. The third-order valence-electron chi connectivity index (χ3n) is 6.66. The predicted octanol–water partition coefficient (Wildman–Crippen LogP) is 2.11. The summed E-state index contributed by atoms with van der Waals surface area (Å²) in [4.78, 5) is 19.7. The zero-order valence-corrected chi connectivity index (χ0v) is 17.2. The molecule has 3 heterocycles. The molecule has 1 amide bonds. The molecule has 8 nitrogen and oxygen atoms in total. The molecule has 1 aromatic heterocycles. The van der Waals surface area contributed by atoms with Gasteiger partial charge in [0.25, 0.3) is 0 Å². The Morgan fingerprint density at radius 2 is 1.90 bits per heavy atom. The van der Waals surface area contributed by atoms with Gasteiger partial charge in [0.1, 0.15) is 24.1 Å². The Morgan fingerprint density at radius 1 is 1.19 bits per heavy atom. The Morgan fingerprint density at radius 3 is 2.55 bits per heavy atom. The van der Waals surface area contributed by atoms with Crippen molar-refractivity contribution >= 4 is 11.7 Å². The average molecular weight is 442 g/mol. The molecule has 2 N–H and O–H groups in total. The third-order valence-corrected chi connectivity index (χ3v) is 6.66. The third kappa shape index (κ3) is 3.76. The molecule has 2 bridgehead atoms. The van der Waals surface area contributed by atoms with Gasteiger partial charge in [0.2, 0.25) is 5.91 Å². The van der Waals surface area contributed by atoms with Gasteiger partial charge in [-0.2, -0.15) is 13.2 Å². The number of fused-ring (bicyclic) bond motifs is 1. The number of aromatic nitrogens is 2. The number of amides is 1. The number of carbonyl (C=O) groups excluding carboxylic acids is 1. The maximum Gasteiger partial charge on any atom is 0.434 e. The fourth-order valence-corrected chi connectivity index (χ4v) is 5.03. The van der Waals surface area contributed by atoms with Crippen molar-refractivity contribution in [2.24, 2.45) is 11.3 Å². The van der Waals surface area contributed by atoms with Gasteiger partial charge in [-0.15, -0.1) is 0 Å². The lowest BCUT2D eigenvalue weighted by atomic mass is 9.44. The lowest BCUT2D eigenvalue weighted by Crippen LogP contribution is -2.62. The standard InChI is InChI=1S/C20H25F3N4O4/c1-18(2)30-15-11(26-14-8-24-7-13(27-14)20(21,22)23)9-29-12(16(15)31-18)6-25-17(28)19-3-10(4-19)5-19/h7-8,10-12,15-16H,3-6,9H2,1-2H3,(H,25,28)(H,26,27)/t10?,11-,12+,15+,16-,19?/m0/s1. The number of carbonyl (C=O) groups is 1. The zero-order chi connectivity index (χ0) is 22.0. The number of rotatable bonds is 5. The number of anilines is 1. The van der Waals surface area contributed by atoms with Crippen molar-refractivity contribution in [2.45, 2.75) is 69.4 Å². The second kappa shape index (κ2) is 7.01. The van der Waals surface area contributed by atoms with Crippen LogP contribution in [0.2, 0.25) is 0 Å². The zero-order valence-electron chi connectivity index (χ0n) is 17.2. The van der Waals surface area contributed by atoms with Crippen LogP contribution in [0.4, 0.5) is 19.0 Å². The van der Waals surface area contributed by atoms with E-state index in [4.69, 9.17) is 14.2 Å². The van der Waals surface area contributed by atoms with Gasteiger partial charge < -0.3 is 24.8 Å².